The quantitative estimate of drug-likeness (QED) is 0.414. The lowest BCUT2D eigenvalue weighted by Crippen LogP contribution is -2.02. The summed E-state index contributed by atoms with van der Waals surface area (Å²) in [6.45, 7) is 3.89. The van der Waals surface area contributed by atoms with Crippen LogP contribution in [0.15, 0.2) is 53.7 Å². The Balaban J connectivity index is 1.53. The summed E-state index contributed by atoms with van der Waals surface area (Å²) in [6.07, 6.45) is 0. The number of ketones is 1. The Labute approximate surface area is 149 Å². The Morgan fingerprint density at radius 2 is 1.84 bits per heavy atom. The number of fused-ring (bicyclic) bond motifs is 2. The number of carbonyl (C=O) groups excluding carboxylic acids is 1. The fourth-order valence-corrected chi connectivity index (χ4v) is 3.50. The van der Waals surface area contributed by atoms with Crippen molar-refractivity contribution in [1.82, 2.24) is 19.6 Å². The van der Waals surface area contributed by atoms with Crippen LogP contribution >= 0.6 is 11.8 Å². The van der Waals surface area contributed by atoms with Gasteiger partial charge in [-0.05, 0) is 36.8 Å². The highest BCUT2D eigenvalue weighted by molar-refractivity contribution is 7.99. The summed E-state index contributed by atoms with van der Waals surface area (Å²) in [6, 6.07) is 15.8. The van der Waals surface area contributed by atoms with E-state index in [9.17, 15) is 4.79 Å². The molecule has 0 N–H and O–H groups in total. The largest absolute Gasteiger partial charge is 0.293 e. The van der Waals surface area contributed by atoms with E-state index in [0.717, 1.165) is 22.2 Å². The average molecular weight is 348 g/mol. The van der Waals surface area contributed by atoms with Crippen LogP contribution in [0.1, 0.15) is 21.7 Å². The second kappa shape index (κ2) is 6.29. The molecule has 2 aromatic carbocycles. The van der Waals surface area contributed by atoms with Crippen molar-refractivity contribution >= 4 is 34.1 Å². The zero-order valence-corrected chi connectivity index (χ0v) is 14.7. The molecule has 2 aromatic heterocycles. The molecule has 0 amide bonds. The summed E-state index contributed by atoms with van der Waals surface area (Å²) in [7, 11) is 0. The molecule has 4 aromatic rings. The van der Waals surface area contributed by atoms with Gasteiger partial charge in [-0.1, -0.05) is 48.2 Å². The zero-order valence-electron chi connectivity index (χ0n) is 13.9. The van der Waals surface area contributed by atoms with Gasteiger partial charge < -0.3 is 0 Å². The van der Waals surface area contributed by atoms with Gasteiger partial charge in [-0.25, -0.2) is 9.50 Å². The summed E-state index contributed by atoms with van der Waals surface area (Å²) < 4.78 is 1.70. The summed E-state index contributed by atoms with van der Waals surface area (Å²) >= 11 is 1.34. The standard InChI is InChI=1S/C19H16N4OS/c1-12-9-13(2)23-18(20-12)21-19(22-23)25-11-17(24)16-8-7-14-5-3-4-6-15(14)10-16/h3-10H,11H2,1-2H3. The number of benzene rings is 2. The van der Waals surface area contributed by atoms with Crippen LogP contribution in [0.3, 0.4) is 0 Å². The maximum Gasteiger partial charge on any atom is 0.253 e. The number of hydrogen-bond acceptors (Lipinski definition) is 5. The lowest BCUT2D eigenvalue weighted by molar-refractivity contribution is 0.102. The lowest BCUT2D eigenvalue weighted by Gasteiger charge is -2.02. The van der Waals surface area contributed by atoms with Gasteiger partial charge in [-0.15, -0.1) is 5.10 Å². The van der Waals surface area contributed by atoms with E-state index < -0.39 is 0 Å². The smallest absolute Gasteiger partial charge is 0.253 e. The van der Waals surface area contributed by atoms with E-state index in [4.69, 9.17) is 0 Å². The summed E-state index contributed by atoms with van der Waals surface area (Å²) in [5.74, 6) is 0.932. The topological polar surface area (TPSA) is 60.2 Å². The van der Waals surface area contributed by atoms with Crippen LogP contribution in [0.25, 0.3) is 16.6 Å². The van der Waals surface area contributed by atoms with Gasteiger partial charge in [0.25, 0.3) is 5.78 Å². The first kappa shape index (κ1) is 15.8. The monoisotopic (exact) mass is 348 g/mol. The lowest BCUT2D eigenvalue weighted by atomic mass is 10.1. The van der Waals surface area contributed by atoms with Crippen molar-refractivity contribution < 1.29 is 4.79 Å². The molecule has 0 saturated carbocycles. The molecular weight excluding hydrogens is 332 g/mol. The molecule has 0 aliphatic rings. The minimum Gasteiger partial charge on any atom is -0.293 e. The van der Waals surface area contributed by atoms with Crippen LogP contribution in [0.5, 0.6) is 0 Å². The number of aromatic nitrogens is 4. The number of nitrogens with zero attached hydrogens (tertiary/aromatic N) is 4. The number of hydrogen-bond donors (Lipinski definition) is 0. The van der Waals surface area contributed by atoms with Crippen LogP contribution in [-0.2, 0) is 0 Å². The predicted octanol–water partition coefficient (Wildman–Crippen LogP) is 3.87. The van der Waals surface area contributed by atoms with Crippen molar-refractivity contribution in [2.45, 2.75) is 19.0 Å². The Bertz CT molecular complexity index is 1100. The maximum absolute atomic E-state index is 12.5. The molecule has 25 heavy (non-hydrogen) atoms. The molecule has 0 unspecified atom stereocenters. The van der Waals surface area contributed by atoms with E-state index >= 15 is 0 Å². The van der Waals surface area contributed by atoms with Crippen molar-refractivity contribution in [3.05, 3.63) is 65.5 Å². The SMILES string of the molecule is Cc1cc(C)n2nc(SCC(=O)c3ccc4ccccc4c3)nc2n1. The second-order valence-electron chi connectivity index (χ2n) is 5.92. The van der Waals surface area contributed by atoms with Gasteiger partial charge in [0.05, 0.1) is 5.75 Å². The van der Waals surface area contributed by atoms with Crippen LogP contribution in [0.2, 0.25) is 0 Å². The molecule has 4 rings (SSSR count). The highest BCUT2D eigenvalue weighted by Gasteiger charge is 2.12. The molecule has 0 radical (unpaired) electrons. The number of Topliss-reactive ketones (excluding diaryl/α,β-unsaturated/α-hetero) is 1. The highest BCUT2D eigenvalue weighted by Crippen LogP contribution is 2.20. The van der Waals surface area contributed by atoms with Gasteiger partial charge in [0.1, 0.15) is 0 Å². The third-order valence-corrected chi connectivity index (χ3v) is 4.84. The molecule has 0 aliphatic carbocycles. The Morgan fingerprint density at radius 3 is 2.68 bits per heavy atom. The number of rotatable bonds is 4. The molecule has 2 heterocycles. The Kier molecular flexibility index (Phi) is 3.97. The van der Waals surface area contributed by atoms with E-state index in [1.807, 2.05) is 62.4 Å². The maximum atomic E-state index is 12.5. The van der Waals surface area contributed by atoms with E-state index in [0.29, 0.717) is 22.3 Å². The van der Waals surface area contributed by atoms with Crippen LogP contribution in [0, 0.1) is 13.8 Å². The third kappa shape index (κ3) is 3.13. The molecule has 0 atom stereocenters. The van der Waals surface area contributed by atoms with Gasteiger partial charge in [-0.2, -0.15) is 4.98 Å². The van der Waals surface area contributed by atoms with Gasteiger partial charge in [0, 0.05) is 17.0 Å². The highest BCUT2D eigenvalue weighted by atomic mass is 32.2. The fraction of sp³-hybridized carbons (Fsp3) is 0.158. The molecule has 0 aliphatic heterocycles. The second-order valence-corrected chi connectivity index (χ2v) is 6.86. The Hall–Kier alpha value is -2.73. The Morgan fingerprint density at radius 1 is 1.04 bits per heavy atom. The fourth-order valence-electron chi connectivity index (χ4n) is 2.79. The molecule has 5 nitrogen and oxygen atoms in total. The molecule has 0 spiro atoms. The molecule has 6 heteroatoms. The van der Waals surface area contributed by atoms with Gasteiger partial charge >= 0.3 is 0 Å². The van der Waals surface area contributed by atoms with Crippen LogP contribution < -0.4 is 0 Å². The number of carbonyl (C=O) groups is 1. The van der Waals surface area contributed by atoms with E-state index in [1.54, 1.807) is 4.52 Å². The number of thioether (sulfide) groups is 1. The molecule has 124 valence electrons. The first-order chi connectivity index (χ1) is 12.1. The van der Waals surface area contributed by atoms with Crippen molar-refractivity contribution in [2.24, 2.45) is 0 Å². The third-order valence-electron chi connectivity index (χ3n) is 4.00. The van der Waals surface area contributed by atoms with Crippen molar-refractivity contribution in [1.29, 1.82) is 0 Å². The van der Waals surface area contributed by atoms with Crippen LogP contribution in [0.4, 0.5) is 0 Å². The van der Waals surface area contributed by atoms with Crippen molar-refractivity contribution in [3.63, 3.8) is 0 Å². The van der Waals surface area contributed by atoms with Gasteiger partial charge in [0.15, 0.2) is 5.78 Å². The first-order valence-electron chi connectivity index (χ1n) is 7.96. The van der Waals surface area contributed by atoms with E-state index in [-0.39, 0.29) is 5.78 Å². The predicted molar refractivity (Wildman–Crippen MR) is 99.3 cm³/mol. The van der Waals surface area contributed by atoms with Gasteiger partial charge in [-0.3, -0.25) is 4.79 Å². The van der Waals surface area contributed by atoms with E-state index in [2.05, 4.69) is 15.1 Å². The zero-order chi connectivity index (χ0) is 17.4. The van der Waals surface area contributed by atoms with E-state index in [1.165, 1.54) is 11.8 Å². The first-order valence-corrected chi connectivity index (χ1v) is 8.94. The van der Waals surface area contributed by atoms with Crippen molar-refractivity contribution in [3.8, 4) is 0 Å². The molecule has 0 bridgehead atoms. The number of aryl methyl sites for hydroxylation is 2. The minimum absolute atomic E-state index is 0.0653. The average Bonchev–Trinajstić information content (AvgIpc) is 3.02. The molecule has 0 fully saturated rings. The summed E-state index contributed by atoms with van der Waals surface area (Å²) in [4.78, 5) is 21.3. The van der Waals surface area contributed by atoms with Gasteiger partial charge in [0.2, 0.25) is 5.16 Å². The van der Waals surface area contributed by atoms with Crippen molar-refractivity contribution in [2.75, 3.05) is 5.75 Å². The summed E-state index contributed by atoms with van der Waals surface area (Å²) in [5, 5.41) is 7.19. The summed E-state index contributed by atoms with van der Waals surface area (Å²) in [5.41, 5.74) is 2.59. The van der Waals surface area contributed by atoms with Crippen LogP contribution in [-0.4, -0.2) is 31.1 Å². The minimum atomic E-state index is 0.0653. The molecule has 0 saturated heterocycles. The normalized spacial score (nSPS) is 11.3. The molecular formula is C19H16N4OS.